The van der Waals surface area contributed by atoms with Gasteiger partial charge < -0.3 is 10.1 Å². The van der Waals surface area contributed by atoms with Gasteiger partial charge in [-0.25, -0.2) is 9.78 Å². The Kier molecular flexibility index (Phi) is 6.89. The van der Waals surface area contributed by atoms with Crippen molar-refractivity contribution in [2.75, 3.05) is 12.9 Å². The summed E-state index contributed by atoms with van der Waals surface area (Å²) >= 11 is 8.80. The molecule has 8 heteroatoms. The highest BCUT2D eigenvalue weighted by atomic mass is 35.5. The number of carbonyl (C=O) groups is 2. The Hall–Kier alpha value is -1.31. The van der Waals surface area contributed by atoms with Gasteiger partial charge in [0, 0.05) is 5.02 Å². The first kappa shape index (κ1) is 19.0. The van der Waals surface area contributed by atoms with Crippen LogP contribution in [-0.4, -0.2) is 35.8 Å². The van der Waals surface area contributed by atoms with Gasteiger partial charge in [0.25, 0.3) is 0 Å². The van der Waals surface area contributed by atoms with E-state index in [1.54, 1.807) is 6.07 Å². The minimum absolute atomic E-state index is 0.194. The normalized spacial score (nSPS) is 12.4. The average Bonchev–Trinajstić information content (AvgIpc) is 2.93. The van der Waals surface area contributed by atoms with E-state index in [9.17, 15) is 9.59 Å². The van der Waals surface area contributed by atoms with E-state index in [0.29, 0.717) is 11.4 Å². The predicted octanol–water partition coefficient (Wildman–Crippen LogP) is 3.75. The zero-order valence-corrected chi connectivity index (χ0v) is 16.1. The number of hydrogen-bond donors (Lipinski definition) is 1. The fourth-order valence-electron chi connectivity index (χ4n) is 2.13. The maximum absolute atomic E-state index is 12.1. The molecule has 0 aliphatic carbocycles. The molecule has 0 spiro atoms. The number of halogens is 1. The number of rotatable bonds is 7. The molecule has 1 N–H and O–H groups in total. The van der Waals surface area contributed by atoms with Crippen LogP contribution in [0.4, 0.5) is 0 Å². The Bertz CT molecular complexity index is 733. The largest absolute Gasteiger partial charge is 0.467 e. The van der Waals surface area contributed by atoms with E-state index in [-0.39, 0.29) is 17.6 Å². The van der Waals surface area contributed by atoms with Gasteiger partial charge in [-0.3, -0.25) is 4.79 Å². The first-order valence-electron chi connectivity index (χ1n) is 7.45. The van der Waals surface area contributed by atoms with E-state index in [2.05, 4.69) is 10.3 Å². The molecular formula is C16H19ClN2O3S2. The van der Waals surface area contributed by atoms with Gasteiger partial charge in [-0.15, -0.1) is 11.3 Å². The molecule has 0 aliphatic rings. The Balaban J connectivity index is 1.94. The van der Waals surface area contributed by atoms with Crippen molar-refractivity contribution in [3.8, 4) is 0 Å². The number of nitrogens with zero attached hydrogens (tertiary/aromatic N) is 1. The summed E-state index contributed by atoms with van der Waals surface area (Å²) in [5.41, 5.74) is 0.822. The molecule has 24 heavy (non-hydrogen) atoms. The van der Waals surface area contributed by atoms with Crippen LogP contribution >= 0.6 is 34.7 Å². The van der Waals surface area contributed by atoms with Crippen LogP contribution < -0.4 is 5.32 Å². The molecule has 0 fully saturated rings. The third kappa shape index (κ3) is 5.36. The summed E-state index contributed by atoms with van der Waals surface area (Å²) in [4.78, 5) is 28.3. The van der Waals surface area contributed by atoms with Gasteiger partial charge in [-0.05, 0) is 30.5 Å². The first-order chi connectivity index (χ1) is 11.4. The number of thioether (sulfide) groups is 1. The number of hydrogen-bond acceptors (Lipinski definition) is 6. The van der Waals surface area contributed by atoms with Gasteiger partial charge in [0.1, 0.15) is 6.04 Å². The first-order valence-corrected chi connectivity index (χ1v) is 9.63. The Morgan fingerprint density at radius 3 is 2.83 bits per heavy atom. The highest BCUT2D eigenvalue weighted by molar-refractivity contribution is 8.01. The number of fused-ring (bicyclic) bond motifs is 1. The smallest absolute Gasteiger partial charge is 0.328 e. The number of carbonyl (C=O) groups excluding carboxylic acids is 2. The van der Waals surface area contributed by atoms with Crippen molar-refractivity contribution in [3.05, 3.63) is 23.2 Å². The Morgan fingerprint density at radius 1 is 1.42 bits per heavy atom. The second kappa shape index (κ2) is 8.69. The molecule has 130 valence electrons. The van der Waals surface area contributed by atoms with Crippen molar-refractivity contribution in [3.63, 3.8) is 0 Å². The predicted molar refractivity (Wildman–Crippen MR) is 98.8 cm³/mol. The lowest BCUT2D eigenvalue weighted by Crippen LogP contribution is -2.43. The standard InChI is InChI=1S/C16H19ClN2O3S2/c1-9(2)6-12(15(21)22-3)18-14(20)8-23-16-19-11-7-10(17)4-5-13(11)24-16/h4-5,7,9,12H,6,8H2,1-3H3,(H,18,20)/t12-/m0/s1. The highest BCUT2D eigenvalue weighted by Crippen LogP contribution is 2.30. The maximum atomic E-state index is 12.1. The highest BCUT2D eigenvalue weighted by Gasteiger charge is 2.22. The van der Waals surface area contributed by atoms with Crippen molar-refractivity contribution >= 4 is 56.8 Å². The lowest BCUT2D eigenvalue weighted by atomic mass is 10.0. The molecule has 5 nitrogen and oxygen atoms in total. The topological polar surface area (TPSA) is 68.3 Å². The van der Waals surface area contributed by atoms with Gasteiger partial charge in [0.15, 0.2) is 4.34 Å². The number of methoxy groups -OCH3 is 1. The van der Waals surface area contributed by atoms with E-state index in [1.807, 2.05) is 26.0 Å². The number of thiazole rings is 1. The second-order valence-electron chi connectivity index (χ2n) is 5.65. The van der Waals surface area contributed by atoms with Crippen molar-refractivity contribution in [2.45, 2.75) is 30.6 Å². The summed E-state index contributed by atoms with van der Waals surface area (Å²) in [6, 6.07) is 4.91. The fourth-order valence-corrected chi connectivity index (χ4v) is 4.16. The monoisotopic (exact) mass is 386 g/mol. The third-order valence-electron chi connectivity index (χ3n) is 3.18. The molecular weight excluding hydrogens is 368 g/mol. The van der Waals surface area contributed by atoms with Crippen LogP contribution in [0.3, 0.4) is 0 Å². The lowest BCUT2D eigenvalue weighted by Gasteiger charge is -2.18. The van der Waals surface area contributed by atoms with Gasteiger partial charge >= 0.3 is 5.97 Å². The molecule has 2 aromatic rings. The van der Waals surface area contributed by atoms with Crippen molar-refractivity contribution in [1.29, 1.82) is 0 Å². The molecule has 0 bridgehead atoms. The van der Waals surface area contributed by atoms with E-state index < -0.39 is 12.0 Å². The second-order valence-corrected chi connectivity index (χ2v) is 8.34. The number of benzene rings is 1. The quantitative estimate of drug-likeness (QED) is 0.579. The SMILES string of the molecule is COC(=O)[C@H](CC(C)C)NC(=O)CSc1nc2cc(Cl)ccc2s1. The summed E-state index contributed by atoms with van der Waals surface area (Å²) in [7, 11) is 1.32. The molecule has 1 aromatic heterocycles. The van der Waals surface area contributed by atoms with Gasteiger partial charge in [0.2, 0.25) is 5.91 Å². The average molecular weight is 387 g/mol. The molecule has 0 saturated heterocycles. The van der Waals surface area contributed by atoms with Gasteiger partial charge in [0.05, 0.1) is 23.1 Å². The Labute approximate surface area is 154 Å². The molecule has 1 heterocycles. The molecule has 1 atom stereocenters. The van der Waals surface area contributed by atoms with Gasteiger partial charge in [-0.1, -0.05) is 37.2 Å². The van der Waals surface area contributed by atoms with Crippen LogP contribution in [0.2, 0.25) is 5.02 Å². The Morgan fingerprint density at radius 2 is 2.17 bits per heavy atom. The van der Waals surface area contributed by atoms with E-state index >= 15 is 0 Å². The summed E-state index contributed by atoms with van der Waals surface area (Å²) in [6.45, 7) is 3.98. The van der Waals surface area contributed by atoms with E-state index in [0.717, 1.165) is 14.6 Å². The number of esters is 1. The van der Waals surface area contributed by atoms with E-state index in [1.165, 1.54) is 30.2 Å². The van der Waals surface area contributed by atoms with Crippen LogP contribution in [0.25, 0.3) is 10.2 Å². The summed E-state index contributed by atoms with van der Waals surface area (Å²) in [5.74, 6) is -0.167. The van der Waals surface area contributed by atoms with Crippen molar-refractivity contribution in [2.24, 2.45) is 5.92 Å². The minimum Gasteiger partial charge on any atom is -0.467 e. The van der Waals surface area contributed by atoms with Crippen molar-refractivity contribution < 1.29 is 14.3 Å². The zero-order valence-electron chi connectivity index (χ0n) is 13.7. The van der Waals surface area contributed by atoms with E-state index in [4.69, 9.17) is 16.3 Å². The lowest BCUT2D eigenvalue weighted by molar-refractivity contribution is -0.145. The summed E-state index contributed by atoms with van der Waals surface area (Å²) in [6.07, 6.45) is 0.544. The van der Waals surface area contributed by atoms with Crippen LogP contribution in [0, 0.1) is 5.92 Å². The molecule has 0 unspecified atom stereocenters. The maximum Gasteiger partial charge on any atom is 0.328 e. The van der Waals surface area contributed by atoms with Gasteiger partial charge in [-0.2, -0.15) is 0 Å². The number of aromatic nitrogens is 1. The molecule has 0 saturated carbocycles. The number of nitrogens with one attached hydrogen (secondary N) is 1. The van der Waals surface area contributed by atoms with Crippen LogP contribution in [0.5, 0.6) is 0 Å². The molecule has 1 amide bonds. The molecule has 0 radical (unpaired) electrons. The molecule has 1 aromatic carbocycles. The summed E-state index contributed by atoms with van der Waals surface area (Å²) < 4.78 is 6.56. The minimum atomic E-state index is -0.614. The molecule has 0 aliphatic heterocycles. The van der Waals surface area contributed by atoms with Crippen LogP contribution in [-0.2, 0) is 14.3 Å². The van der Waals surface area contributed by atoms with Crippen molar-refractivity contribution in [1.82, 2.24) is 10.3 Å². The fraction of sp³-hybridized carbons (Fsp3) is 0.438. The molecule has 2 rings (SSSR count). The number of amides is 1. The third-order valence-corrected chi connectivity index (χ3v) is 5.60. The van der Waals surface area contributed by atoms with Crippen LogP contribution in [0.15, 0.2) is 22.5 Å². The zero-order chi connectivity index (χ0) is 17.7. The summed E-state index contributed by atoms with van der Waals surface area (Å²) in [5, 5.41) is 3.37. The van der Waals surface area contributed by atoms with Crippen LogP contribution in [0.1, 0.15) is 20.3 Å². The number of ether oxygens (including phenoxy) is 1.